The van der Waals surface area contributed by atoms with E-state index in [2.05, 4.69) is 10.4 Å². The Morgan fingerprint density at radius 3 is 2.52 bits per heavy atom. The zero-order valence-corrected chi connectivity index (χ0v) is 11.2. The number of rotatable bonds is 4. The molecule has 0 aromatic heterocycles. The van der Waals surface area contributed by atoms with Crippen molar-refractivity contribution in [3.8, 4) is 0 Å². The highest BCUT2D eigenvalue weighted by Crippen LogP contribution is 2.15. The van der Waals surface area contributed by atoms with E-state index in [1.165, 1.54) is 23.5 Å². The van der Waals surface area contributed by atoms with Gasteiger partial charge in [0.25, 0.3) is 5.91 Å². The first-order valence-electron chi connectivity index (χ1n) is 6.65. The van der Waals surface area contributed by atoms with Crippen molar-refractivity contribution in [3.63, 3.8) is 0 Å². The third-order valence-corrected chi connectivity index (χ3v) is 3.25. The van der Waals surface area contributed by atoms with Crippen molar-refractivity contribution in [2.45, 2.75) is 12.5 Å². The molecule has 0 bridgehead atoms. The molecule has 1 heterocycles. The standard InChI is InChI=1S/C16H14FN3O/c17-13-8-6-12(7-9-13)10-15-16(21)20(11-18-15)19-14-4-2-1-3-5-14/h1-9,11,15,19H,10H2/t15-/m1/s1. The zero-order valence-electron chi connectivity index (χ0n) is 11.2. The van der Waals surface area contributed by atoms with E-state index in [0.717, 1.165) is 11.3 Å². The molecule has 0 radical (unpaired) electrons. The topological polar surface area (TPSA) is 44.7 Å². The minimum Gasteiger partial charge on any atom is -0.290 e. The largest absolute Gasteiger partial charge is 0.290 e. The molecule has 0 fully saturated rings. The van der Waals surface area contributed by atoms with Gasteiger partial charge in [0.15, 0.2) is 0 Å². The predicted octanol–water partition coefficient (Wildman–Crippen LogP) is 2.63. The maximum Gasteiger partial charge on any atom is 0.271 e. The average Bonchev–Trinajstić information content (AvgIpc) is 2.84. The first-order valence-corrected chi connectivity index (χ1v) is 6.65. The fourth-order valence-electron chi connectivity index (χ4n) is 2.15. The van der Waals surface area contributed by atoms with Gasteiger partial charge in [-0.25, -0.2) is 9.40 Å². The van der Waals surface area contributed by atoms with Gasteiger partial charge in [0, 0.05) is 6.42 Å². The summed E-state index contributed by atoms with van der Waals surface area (Å²) in [5, 5.41) is 1.38. The second-order valence-electron chi connectivity index (χ2n) is 4.80. The maximum absolute atomic E-state index is 12.9. The number of hydrogen-bond donors (Lipinski definition) is 1. The molecule has 1 amide bonds. The number of nitrogens with zero attached hydrogens (tertiary/aromatic N) is 2. The molecule has 106 valence electrons. The summed E-state index contributed by atoms with van der Waals surface area (Å²) in [5.41, 5.74) is 4.69. The van der Waals surface area contributed by atoms with Gasteiger partial charge in [0.05, 0.1) is 5.69 Å². The van der Waals surface area contributed by atoms with Gasteiger partial charge in [-0.2, -0.15) is 0 Å². The van der Waals surface area contributed by atoms with Crippen LogP contribution in [0.3, 0.4) is 0 Å². The van der Waals surface area contributed by atoms with E-state index < -0.39 is 6.04 Å². The maximum atomic E-state index is 12.9. The van der Waals surface area contributed by atoms with E-state index in [4.69, 9.17) is 0 Å². The Bertz CT molecular complexity index is 655. The SMILES string of the molecule is O=C1[C@@H](Cc2ccc(F)cc2)N=CN1Nc1ccccc1. The number of para-hydroxylation sites is 1. The number of halogens is 1. The van der Waals surface area contributed by atoms with Crippen molar-refractivity contribution in [1.29, 1.82) is 0 Å². The summed E-state index contributed by atoms with van der Waals surface area (Å²) in [6, 6.07) is 15.1. The number of carbonyl (C=O) groups is 1. The molecule has 0 saturated heterocycles. The van der Waals surface area contributed by atoms with Crippen LogP contribution in [0.1, 0.15) is 5.56 Å². The van der Waals surface area contributed by atoms with Crippen LogP contribution < -0.4 is 5.43 Å². The summed E-state index contributed by atoms with van der Waals surface area (Å²) >= 11 is 0. The lowest BCUT2D eigenvalue weighted by Crippen LogP contribution is -2.36. The summed E-state index contributed by atoms with van der Waals surface area (Å²) in [7, 11) is 0. The molecular formula is C16H14FN3O. The van der Waals surface area contributed by atoms with Crippen LogP contribution in [0, 0.1) is 5.82 Å². The molecule has 4 nitrogen and oxygen atoms in total. The van der Waals surface area contributed by atoms with E-state index in [9.17, 15) is 9.18 Å². The minimum atomic E-state index is -0.466. The molecule has 0 aliphatic carbocycles. The normalized spacial score (nSPS) is 17.3. The van der Waals surface area contributed by atoms with Crippen LogP contribution >= 0.6 is 0 Å². The van der Waals surface area contributed by atoms with Gasteiger partial charge in [0.2, 0.25) is 0 Å². The molecule has 0 unspecified atom stereocenters. The van der Waals surface area contributed by atoms with Gasteiger partial charge in [-0.15, -0.1) is 0 Å². The molecule has 1 aliphatic rings. The van der Waals surface area contributed by atoms with Crippen molar-refractivity contribution < 1.29 is 9.18 Å². The van der Waals surface area contributed by atoms with Gasteiger partial charge in [-0.3, -0.25) is 15.2 Å². The van der Waals surface area contributed by atoms with Crippen molar-refractivity contribution >= 4 is 17.9 Å². The first-order chi connectivity index (χ1) is 10.2. The molecule has 1 atom stereocenters. The van der Waals surface area contributed by atoms with Crippen LogP contribution in [0.2, 0.25) is 0 Å². The molecular weight excluding hydrogens is 269 g/mol. The fourth-order valence-corrected chi connectivity index (χ4v) is 2.15. The molecule has 0 saturated carbocycles. The zero-order chi connectivity index (χ0) is 14.7. The molecule has 5 heteroatoms. The highest BCUT2D eigenvalue weighted by atomic mass is 19.1. The molecule has 3 rings (SSSR count). The first kappa shape index (κ1) is 13.3. The number of hydrogen-bond acceptors (Lipinski definition) is 3. The second kappa shape index (κ2) is 5.75. The number of aliphatic imine (C=N–C) groups is 1. The van der Waals surface area contributed by atoms with Crippen molar-refractivity contribution in [2.24, 2.45) is 4.99 Å². The van der Waals surface area contributed by atoms with E-state index >= 15 is 0 Å². The smallest absolute Gasteiger partial charge is 0.271 e. The van der Waals surface area contributed by atoms with Crippen molar-refractivity contribution in [1.82, 2.24) is 5.01 Å². The van der Waals surface area contributed by atoms with Crippen LogP contribution in [0.25, 0.3) is 0 Å². The summed E-state index contributed by atoms with van der Waals surface area (Å²) in [4.78, 5) is 16.5. The van der Waals surface area contributed by atoms with Crippen LogP contribution in [-0.4, -0.2) is 23.3 Å². The van der Waals surface area contributed by atoms with Gasteiger partial charge >= 0.3 is 0 Å². The van der Waals surface area contributed by atoms with Crippen LogP contribution in [0.5, 0.6) is 0 Å². The summed E-state index contributed by atoms with van der Waals surface area (Å²) in [6.07, 6.45) is 1.95. The number of hydrazine groups is 1. The Morgan fingerprint density at radius 1 is 1.10 bits per heavy atom. The second-order valence-corrected chi connectivity index (χ2v) is 4.80. The lowest BCUT2D eigenvalue weighted by molar-refractivity contribution is -0.126. The highest BCUT2D eigenvalue weighted by molar-refractivity contribution is 5.97. The monoisotopic (exact) mass is 283 g/mol. The average molecular weight is 283 g/mol. The van der Waals surface area contributed by atoms with E-state index in [1.807, 2.05) is 30.3 Å². The van der Waals surface area contributed by atoms with Gasteiger partial charge in [0.1, 0.15) is 18.2 Å². The third-order valence-electron chi connectivity index (χ3n) is 3.25. The minimum absolute atomic E-state index is 0.122. The Kier molecular flexibility index (Phi) is 3.64. The highest BCUT2D eigenvalue weighted by Gasteiger charge is 2.28. The van der Waals surface area contributed by atoms with Crippen LogP contribution in [0.15, 0.2) is 59.6 Å². The third kappa shape index (κ3) is 3.08. The molecule has 1 N–H and O–H groups in total. The van der Waals surface area contributed by atoms with Crippen molar-refractivity contribution in [3.05, 3.63) is 66.0 Å². The molecule has 2 aromatic rings. The molecule has 2 aromatic carbocycles. The number of benzene rings is 2. The Labute approximate surface area is 121 Å². The number of carbonyl (C=O) groups excluding carboxylic acids is 1. The Hall–Kier alpha value is -2.69. The van der Waals surface area contributed by atoms with E-state index in [1.54, 1.807) is 12.1 Å². The summed E-state index contributed by atoms with van der Waals surface area (Å²) in [6.45, 7) is 0. The fraction of sp³-hybridized carbons (Fsp3) is 0.125. The van der Waals surface area contributed by atoms with Gasteiger partial charge in [-0.1, -0.05) is 30.3 Å². The Balaban J connectivity index is 1.64. The molecule has 0 spiro atoms. The quantitative estimate of drug-likeness (QED) is 0.937. The van der Waals surface area contributed by atoms with Crippen LogP contribution in [0.4, 0.5) is 10.1 Å². The molecule has 1 aliphatic heterocycles. The summed E-state index contributed by atoms with van der Waals surface area (Å²) < 4.78 is 12.9. The van der Waals surface area contributed by atoms with Gasteiger partial charge < -0.3 is 0 Å². The number of anilines is 1. The lowest BCUT2D eigenvalue weighted by Gasteiger charge is -2.16. The van der Waals surface area contributed by atoms with Crippen LogP contribution in [-0.2, 0) is 11.2 Å². The van der Waals surface area contributed by atoms with Gasteiger partial charge in [-0.05, 0) is 29.8 Å². The molecule has 21 heavy (non-hydrogen) atoms. The predicted molar refractivity (Wildman–Crippen MR) is 79.3 cm³/mol. The summed E-state index contributed by atoms with van der Waals surface area (Å²) in [5.74, 6) is -0.407. The number of nitrogens with one attached hydrogen (secondary N) is 1. The number of amides is 1. The Morgan fingerprint density at radius 2 is 1.81 bits per heavy atom. The lowest BCUT2D eigenvalue weighted by atomic mass is 10.1. The van der Waals surface area contributed by atoms with E-state index in [-0.39, 0.29) is 11.7 Å². The van der Waals surface area contributed by atoms with Crippen molar-refractivity contribution in [2.75, 3.05) is 5.43 Å². The van der Waals surface area contributed by atoms with E-state index in [0.29, 0.717) is 6.42 Å².